The van der Waals surface area contributed by atoms with Gasteiger partial charge in [-0.25, -0.2) is 9.79 Å². The maximum absolute atomic E-state index is 12.7. The van der Waals surface area contributed by atoms with E-state index in [4.69, 9.17) is 14.6 Å². The van der Waals surface area contributed by atoms with Gasteiger partial charge in [-0.15, -0.1) is 0 Å². The topological polar surface area (TPSA) is 88.4 Å². The number of nitrogens with zero attached hydrogens (tertiary/aromatic N) is 2. The summed E-state index contributed by atoms with van der Waals surface area (Å²) in [6.07, 6.45) is 1.79. The van der Waals surface area contributed by atoms with Crippen LogP contribution in [-0.2, 0) is 4.79 Å². The van der Waals surface area contributed by atoms with Crippen LogP contribution in [0.2, 0.25) is 0 Å². The molecule has 1 saturated heterocycles. The molecule has 8 heteroatoms. The van der Waals surface area contributed by atoms with E-state index in [2.05, 4.69) is 18.8 Å². The number of aromatic carboxylic acids is 1. The number of carboxylic acid groups (broad SMARTS) is 1. The first-order valence-electron chi connectivity index (χ1n) is 9.69. The number of ether oxygens (including phenoxy) is 2. The van der Waals surface area contributed by atoms with Crippen LogP contribution in [0.4, 0.5) is 5.69 Å². The van der Waals surface area contributed by atoms with E-state index in [1.165, 1.54) is 28.8 Å². The molecule has 31 heavy (non-hydrogen) atoms. The SMILES string of the molecule is COc1cc(/C=C2/SC(=Nc3ccc(C(=O)O)cc3)N(C)C2=O)ccc1OCC(C)C. The number of likely N-dealkylation sites (N-methyl/N-ethyl adjacent to an activating group) is 1. The molecule has 0 unspecified atom stereocenters. The Hall–Kier alpha value is -3.26. The van der Waals surface area contributed by atoms with Gasteiger partial charge in [0.1, 0.15) is 0 Å². The molecule has 0 aliphatic carbocycles. The molecule has 2 aromatic carbocycles. The number of hydrogen-bond donors (Lipinski definition) is 1. The zero-order chi connectivity index (χ0) is 22.5. The van der Waals surface area contributed by atoms with E-state index in [0.29, 0.717) is 39.8 Å². The van der Waals surface area contributed by atoms with Crippen LogP contribution in [0, 0.1) is 5.92 Å². The lowest BCUT2D eigenvalue weighted by Gasteiger charge is -2.13. The van der Waals surface area contributed by atoms with Gasteiger partial charge in [0.05, 0.1) is 29.9 Å². The summed E-state index contributed by atoms with van der Waals surface area (Å²) in [5, 5.41) is 9.52. The van der Waals surface area contributed by atoms with Crippen molar-refractivity contribution < 1.29 is 24.2 Å². The van der Waals surface area contributed by atoms with Crippen molar-refractivity contribution in [3.8, 4) is 11.5 Å². The number of amidine groups is 1. The second-order valence-corrected chi connectivity index (χ2v) is 8.35. The van der Waals surface area contributed by atoms with Crippen molar-refractivity contribution in [2.24, 2.45) is 10.9 Å². The molecule has 1 N–H and O–H groups in total. The Labute approximate surface area is 185 Å². The Balaban J connectivity index is 1.81. The normalized spacial score (nSPS) is 16.4. The summed E-state index contributed by atoms with van der Waals surface area (Å²) in [4.78, 5) is 30.1. The van der Waals surface area contributed by atoms with Gasteiger partial charge in [0.25, 0.3) is 5.91 Å². The Kier molecular flexibility index (Phi) is 7.02. The van der Waals surface area contributed by atoms with Crippen molar-refractivity contribution >= 4 is 40.6 Å². The average molecular weight is 441 g/mol. The molecule has 162 valence electrons. The van der Waals surface area contributed by atoms with Gasteiger partial charge in [-0.05, 0) is 65.7 Å². The van der Waals surface area contributed by atoms with Gasteiger partial charge >= 0.3 is 5.97 Å². The minimum atomic E-state index is -0.997. The van der Waals surface area contributed by atoms with Crippen molar-refractivity contribution in [1.29, 1.82) is 0 Å². The number of thioether (sulfide) groups is 1. The minimum Gasteiger partial charge on any atom is -0.493 e. The molecule has 0 spiro atoms. The molecule has 0 bridgehead atoms. The average Bonchev–Trinajstić information content (AvgIpc) is 3.00. The van der Waals surface area contributed by atoms with E-state index in [1.54, 1.807) is 32.4 Å². The second kappa shape index (κ2) is 9.70. The van der Waals surface area contributed by atoms with Crippen LogP contribution in [-0.4, -0.2) is 47.8 Å². The highest BCUT2D eigenvalue weighted by Crippen LogP contribution is 2.35. The number of benzene rings is 2. The number of aliphatic imine (C=N–C) groups is 1. The highest BCUT2D eigenvalue weighted by Gasteiger charge is 2.30. The number of carboxylic acids is 1. The smallest absolute Gasteiger partial charge is 0.335 e. The van der Waals surface area contributed by atoms with Crippen molar-refractivity contribution in [2.75, 3.05) is 20.8 Å². The van der Waals surface area contributed by atoms with Crippen molar-refractivity contribution in [1.82, 2.24) is 4.90 Å². The van der Waals surface area contributed by atoms with E-state index in [0.717, 1.165) is 5.56 Å². The number of methoxy groups -OCH3 is 1. The molecule has 7 nitrogen and oxygen atoms in total. The quantitative estimate of drug-likeness (QED) is 0.630. The number of rotatable bonds is 7. The molecule has 1 heterocycles. The van der Waals surface area contributed by atoms with Gasteiger partial charge in [0, 0.05) is 7.05 Å². The van der Waals surface area contributed by atoms with Gasteiger partial charge in [0.15, 0.2) is 16.7 Å². The van der Waals surface area contributed by atoms with Crippen LogP contribution < -0.4 is 9.47 Å². The molecule has 0 saturated carbocycles. The summed E-state index contributed by atoms with van der Waals surface area (Å²) < 4.78 is 11.2. The van der Waals surface area contributed by atoms with E-state index in [1.807, 2.05) is 18.2 Å². The van der Waals surface area contributed by atoms with Gasteiger partial charge in [-0.1, -0.05) is 19.9 Å². The molecule has 0 atom stereocenters. The summed E-state index contributed by atoms with van der Waals surface area (Å²) >= 11 is 1.26. The van der Waals surface area contributed by atoms with E-state index >= 15 is 0 Å². The molecule has 3 rings (SSSR count). The molecular weight excluding hydrogens is 416 g/mol. The van der Waals surface area contributed by atoms with Crippen LogP contribution in [0.1, 0.15) is 29.8 Å². The number of carbonyl (C=O) groups is 2. The molecule has 0 aromatic heterocycles. The fourth-order valence-corrected chi connectivity index (χ4v) is 3.73. The molecule has 1 aliphatic heterocycles. The first-order valence-corrected chi connectivity index (χ1v) is 10.5. The Bertz CT molecular complexity index is 1040. The molecular formula is C23H24N2O5S. The third kappa shape index (κ3) is 5.46. The van der Waals surface area contributed by atoms with Gasteiger partial charge < -0.3 is 14.6 Å². The summed E-state index contributed by atoms with van der Waals surface area (Å²) in [5.41, 5.74) is 1.56. The first-order chi connectivity index (χ1) is 14.8. The lowest BCUT2D eigenvalue weighted by atomic mass is 10.1. The van der Waals surface area contributed by atoms with Gasteiger partial charge in [0.2, 0.25) is 0 Å². The largest absolute Gasteiger partial charge is 0.493 e. The van der Waals surface area contributed by atoms with Crippen LogP contribution in [0.3, 0.4) is 0 Å². The van der Waals surface area contributed by atoms with Gasteiger partial charge in [-0.3, -0.25) is 9.69 Å². The summed E-state index contributed by atoms with van der Waals surface area (Å²) in [7, 11) is 3.24. The molecule has 1 amide bonds. The maximum atomic E-state index is 12.7. The fraction of sp³-hybridized carbons (Fsp3) is 0.261. The van der Waals surface area contributed by atoms with Crippen LogP contribution in [0.5, 0.6) is 11.5 Å². The predicted octanol–water partition coefficient (Wildman–Crippen LogP) is 4.66. The van der Waals surface area contributed by atoms with Crippen LogP contribution in [0.15, 0.2) is 52.4 Å². The second-order valence-electron chi connectivity index (χ2n) is 7.34. The predicted molar refractivity (Wildman–Crippen MR) is 122 cm³/mol. The summed E-state index contributed by atoms with van der Waals surface area (Å²) in [6, 6.07) is 11.7. The van der Waals surface area contributed by atoms with Crippen molar-refractivity contribution in [3.05, 3.63) is 58.5 Å². The monoisotopic (exact) mass is 440 g/mol. The number of carbonyl (C=O) groups excluding carboxylic acids is 1. The number of amides is 1. The Morgan fingerprint density at radius 3 is 2.52 bits per heavy atom. The van der Waals surface area contributed by atoms with E-state index in [-0.39, 0.29) is 11.5 Å². The molecule has 1 aliphatic rings. The highest BCUT2D eigenvalue weighted by molar-refractivity contribution is 8.18. The Morgan fingerprint density at radius 2 is 1.90 bits per heavy atom. The third-order valence-electron chi connectivity index (χ3n) is 4.40. The van der Waals surface area contributed by atoms with Crippen molar-refractivity contribution in [2.45, 2.75) is 13.8 Å². The van der Waals surface area contributed by atoms with E-state index < -0.39 is 5.97 Å². The molecule has 1 fully saturated rings. The summed E-state index contributed by atoms with van der Waals surface area (Å²) in [6.45, 7) is 4.73. The van der Waals surface area contributed by atoms with E-state index in [9.17, 15) is 9.59 Å². The maximum Gasteiger partial charge on any atom is 0.335 e. The standard InChI is InChI=1S/C23H24N2O5S/c1-14(2)13-30-18-10-5-15(11-19(18)29-4)12-20-21(26)25(3)23(31-20)24-17-8-6-16(7-9-17)22(27)28/h5-12,14H,13H2,1-4H3,(H,27,28)/b20-12+,24-23?. The number of hydrogen-bond acceptors (Lipinski definition) is 6. The summed E-state index contributed by atoms with van der Waals surface area (Å²) in [5.74, 6) is 0.500. The fourth-order valence-electron chi connectivity index (χ4n) is 2.74. The molecule has 0 radical (unpaired) electrons. The first kappa shape index (κ1) is 22.4. The third-order valence-corrected chi connectivity index (χ3v) is 5.46. The molecule has 2 aromatic rings. The van der Waals surface area contributed by atoms with Crippen molar-refractivity contribution in [3.63, 3.8) is 0 Å². The lowest BCUT2D eigenvalue weighted by Crippen LogP contribution is -2.23. The zero-order valence-corrected chi connectivity index (χ0v) is 18.6. The Morgan fingerprint density at radius 1 is 1.19 bits per heavy atom. The van der Waals surface area contributed by atoms with Gasteiger partial charge in [-0.2, -0.15) is 0 Å². The van der Waals surface area contributed by atoms with Crippen LogP contribution in [0.25, 0.3) is 6.08 Å². The lowest BCUT2D eigenvalue weighted by molar-refractivity contribution is -0.121. The zero-order valence-electron chi connectivity index (χ0n) is 17.8. The van der Waals surface area contributed by atoms with Crippen LogP contribution >= 0.6 is 11.8 Å². The highest BCUT2D eigenvalue weighted by atomic mass is 32.2. The minimum absolute atomic E-state index is 0.162.